The van der Waals surface area contributed by atoms with Crippen LogP contribution in [-0.4, -0.2) is 23.0 Å². The molecule has 0 saturated carbocycles. The van der Waals surface area contributed by atoms with E-state index in [0.29, 0.717) is 11.3 Å². The Balaban J connectivity index is 2.06. The molecule has 0 aliphatic rings. The van der Waals surface area contributed by atoms with Crippen LogP contribution in [0.25, 0.3) is 0 Å². The highest BCUT2D eigenvalue weighted by atomic mass is 16.6. The molecule has 0 saturated heterocycles. The number of rotatable bonds is 6. The number of nitro groups is 1. The van der Waals surface area contributed by atoms with Gasteiger partial charge in [0.1, 0.15) is 0 Å². The Kier molecular flexibility index (Phi) is 6.15. The van der Waals surface area contributed by atoms with E-state index in [-0.39, 0.29) is 23.1 Å². The maximum atomic E-state index is 12.3. The van der Waals surface area contributed by atoms with Crippen molar-refractivity contribution in [1.82, 2.24) is 5.43 Å². The Bertz CT molecular complexity index is 845. The molecule has 0 radical (unpaired) electrons. The first-order valence-corrected chi connectivity index (χ1v) is 7.86. The molecule has 2 rings (SSSR count). The number of anilines is 1. The predicted molar refractivity (Wildman–Crippen MR) is 98.1 cm³/mol. The summed E-state index contributed by atoms with van der Waals surface area (Å²) in [6.07, 6.45) is 1.37. The molecule has 0 aliphatic carbocycles. The second-order valence-corrected chi connectivity index (χ2v) is 5.74. The number of para-hydroxylation sites is 1. The van der Waals surface area contributed by atoms with Crippen molar-refractivity contribution in [3.63, 3.8) is 0 Å². The van der Waals surface area contributed by atoms with Gasteiger partial charge in [0, 0.05) is 18.1 Å². The van der Waals surface area contributed by atoms with Crippen molar-refractivity contribution >= 4 is 29.4 Å². The summed E-state index contributed by atoms with van der Waals surface area (Å²) in [4.78, 5) is 34.2. The van der Waals surface area contributed by atoms with E-state index in [4.69, 9.17) is 0 Å². The number of nitro benzene ring substituents is 1. The third-order valence-corrected chi connectivity index (χ3v) is 3.44. The fourth-order valence-electron chi connectivity index (χ4n) is 1.97. The topological polar surface area (TPSA) is 114 Å². The SMILES string of the molecule is CC(C)C(=O)Nc1ccccc1C(=O)N/N=C\c1ccc([N+](=O)[O-])cc1. The van der Waals surface area contributed by atoms with Crippen molar-refractivity contribution in [1.29, 1.82) is 0 Å². The molecule has 0 fully saturated rings. The zero-order valence-corrected chi connectivity index (χ0v) is 14.3. The normalized spacial score (nSPS) is 10.7. The summed E-state index contributed by atoms with van der Waals surface area (Å²) in [5.41, 5.74) is 3.62. The lowest BCUT2D eigenvalue weighted by molar-refractivity contribution is -0.384. The molecule has 0 heterocycles. The van der Waals surface area contributed by atoms with E-state index in [9.17, 15) is 19.7 Å². The molecule has 26 heavy (non-hydrogen) atoms. The molecular formula is C18H18N4O4. The molecule has 2 aromatic carbocycles. The van der Waals surface area contributed by atoms with Crippen molar-refractivity contribution in [3.8, 4) is 0 Å². The van der Waals surface area contributed by atoms with Crippen LogP contribution in [0.3, 0.4) is 0 Å². The van der Waals surface area contributed by atoms with E-state index in [1.165, 1.54) is 30.5 Å². The van der Waals surface area contributed by atoms with Gasteiger partial charge in [-0.1, -0.05) is 26.0 Å². The van der Waals surface area contributed by atoms with Gasteiger partial charge in [-0.3, -0.25) is 19.7 Å². The second-order valence-electron chi connectivity index (χ2n) is 5.74. The van der Waals surface area contributed by atoms with Gasteiger partial charge in [0.05, 0.1) is 22.4 Å². The number of carbonyl (C=O) groups excluding carboxylic acids is 2. The molecular weight excluding hydrogens is 336 g/mol. The Hall–Kier alpha value is -3.55. The van der Waals surface area contributed by atoms with Crippen LogP contribution in [0, 0.1) is 16.0 Å². The lowest BCUT2D eigenvalue weighted by Gasteiger charge is -2.11. The van der Waals surface area contributed by atoms with E-state index in [2.05, 4.69) is 15.8 Å². The van der Waals surface area contributed by atoms with Crippen LogP contribution in [0.2, 0.25) is 0 Å². The summed E-state index contributed by atoms with van der Waals surface area (Å²) in [5.74, 6) is -0.895. The molecule has 2 amide bonds. The highest BCUT2D eigenvalue weighted by Crippen LogP contribution is 2.16. The zero-order chi connectivity index (χ0) is 19.1. The highest BCUT2D eigenvalue weighted by molar-refractivity contribution is 6.04. The van der Waals surface area contributed by atoms with E-state index in [0.717, 1.165) is 0 Å². The van der Waals surface area contributed by atoms with Gasteiger partial charge in [-0.05, 0) is 29.8 Å². The van der Waals surface area contributed by atoms with Crippen LogP contribution in [0.1, 0.15) is 29.8 Å². The average Bonchev–Trinajstić information content (AvgIpc) is 2.62. The van der Waals surface area contributed by atoms with Gasteiger partial charge in [-0.25, -0.2) is 5.43 Å². The Morgan fingerprint density at radius 3 is 2.38 bits per heavy atom. The minimum atomic E-state index is -0.495. The minimum absolute atomic E-state index is 0.0268. The summed E-state index contributed by atoms with van der Waals surface area (Å²) >= 11 is 0. The summed E-state index contributed by atoms with van der Waals surface area (Å²) in [7, 11) is 0. The van der Waals surface area contributed by atoms with Crippen LogP contribution < -0.4 is 10.7 Å². The maximum absolute atomic E-state index is 12.3. The fourth-order valence-corrected chi connectivity index (χ4v) is 1.97. The van der Waals surface area contributed by atoms with Crippen molar-refractivity contribution in [2.75, 3.05) is 5.32 Å². The predicted octanol–water partition coefficient (Wildman–Crippen LogP) is 2.95. The summed E-state index contributed by atoms with van der Waals surface area (Å²) in [5, 5.41) is 17.1. The number of hydrogen-bond acceptors (Lipinski definition) is 5. The number of amides is 2. The third kappa shape index (κ3) is 4.97. The second kappa shape index (κ2) is 8.52. The Morgan fingerprint density at radius 2 is 1.77 bits per heavy atom. The molecule has 0 aromatic heterocycles. The molecule has 0 atom stereocenters. The van der Waals surface area contributed by atoms with E-state index in [1.54, 1.807) is 38.1 Å². The smallest absolute Gasteiger partial charge is 0.273 e. The van der Waals surface area contributed by atoms with Crippen LogP contribution >= 0.6 is 0 Å². The molecule has 0 spiro atoms. The molecule has 8 nitrogen and oxygen atoms in total. The van der Waals surface area contributed by atoms with E-state index >= 15 is 0 Å². The maximum Gasteiger partial charge on any atom is 0.273 e. The van der Waals surface area contributed by atoms with Crippen molar-refractivity contribution in [2.45, 2.75) is 13.8 Å². The number of carbonyl (C=O) groups is 2. The van der Waals surface area contributed by atoms with Crippen LogP contribution in [0.5, 0.6) is 0 Å². The lowest BCUT2D eigenvalue weighted by atomic mass is 10.1. The van der Waals surface area contributed by atoms with Gasteiger partial charge in [0.15, 0.2) is 0 Å². The van der Waals surface area contributed by atoms with Crippen LogP contribution in [-0.2, 0) is 4.79 Å². The Morgan fingerprint density at radius 1 is 1.12 bits per heavy atom. The van der Waals surface area contributed by atoms with E-state index < -0.39 is 10.8 Å². The molecule has 2 N–H and O–H groups in total. The highest BCUT2D eigenvalue weighted by Gasteiger charge is 2.14. The van der Waals surface area contributed by atoms with Gasteiger partial charge in [-0.15, -0.1) is 0 Å². The number of non-ortho nitro benzene ring substituents is 1. The van der Waals surface area contributed by atoms with Crippen molar-refractivity contribution in [2.24, 2.45) is 11.0 Å². The number of benzene rings is 2. The quantitative estimate of drug-likeness (QED) is 0.471. The Labute approximate surface area is 150 Å². The molecule has 2 aromatic rings. The fraction of sp³-hybridized carbons (Fsp3) is 0.167. The monoisotopic (exact) mass is 354 g/mol. The summed E-state index contributed by atoms with van der Waals surface area (Å²) in [6, 6.07) is 12.3. The first kappa shape index (κ1) is 18.8. The first-order valence-electron chi connectivity index (χ1n) is 7.86. The van der Waals surface area contributed by atoms with Gasteiger partial charge in [0.2, 0.25) is 5.91 Å². The molecule has 0 bridgehead atoms. The van der Waals surface area contributed by atoms with E-state index in [1.807, 2.05) is 0 Å². The van der Waals surface area contributed by atoms with Gasteiger partial charge >= 0.3 is 0 Å². The van der Waals surface area contributed by atoms with Crippen molar-refractivity contribution in [3.05, 3.63) is 69.8 Å². The summed E-state index contributed by atoms with van der Waals surface area (Å²) in [6.45, 7) is 3.51. The van der Waals surface area contributed by atoms with Crippen LogP contribution in [0.15, 0.2) is 53.6 Å². The van der Waals surface area contributed by atoms with Gasteiger partial charge in [-0.2, -0.15) is 5.10 Å². The largest absolute Gasteiger partial charge is 0.325 e. The van der Waals surface area contributed by atoms with Crippen molar-refractivity contribution < 1.29 is 14.5 Å². The van der Waals surface area contributed by atoms with Gasteiger partial charge in [0.25, 0.3) is 11.6 Å². The molecule has 0 aliphatic heterocycles. The molecule has 8 heteroatoms. The number of nitrogens with zero attached hydrogens (tertiary/aromatic N) is 2. The minimum Gasteiger partial charge on any atom is -0.325 e. The first-order chi connectivity index (χ1) is 12.4. The summed E-state index contributed by atoms with van der Waals surface area (Å²) < 4.78 is 0. The number of hydrogen-bond donors (Lipinski definition) is 2. The molecule has 134 valence electrons. The molecule has 0 unspecified atom stereocenters. The number of nitrogens with one attached hydrogen (secondary N) is 2. The standard InChI is InChI=1S/C18H18N4O4/c1-12(2)17(23)20-16-6-4-3-5-15(16)18(24)21-19-11-13-7-9-14(10-8-13)22(25)26/h3-12H,1-2H3,(H,20,23)(H,21,24)/b19-11-. The van der Waals surface area contributed by atoms with Gasteiger partial charge < -0.3 is 5.32 Å². The third-order valence-electron chi connectivity index (χ3n) is 3.44. The number of hydrazone groups is 1. The average molecular weight is 354 g/mol. The van der Waals surface area contributed by atoms with Crippen LogP contribution in [0.4, 0.5) is 11.4 Å². The lowest BCUT2D eigenvalue weighted by Crippen LogP contribution is -2.23. The zero-order valence-electron chi connectivity index (χ0n) is 14.3.